The van der Waals surface area contributed by atoms with Crippen LogP contribution in [0, 0.1) is 0 Å². The first-order valence-corrected chi connectivity index (χ1v) is 6.83. The van der Waals surface area contributed by atoms with Gasteiger partial charge < -0.3 is 20.1 Å². The predicted octanol–water partition coefficient (Wildman–Crippen LogP) is 2.29. The second kappa shape index (κ2) is 12.5. The van der Waals surface area contributed by atoms with Crippen LogP contribution >= 0.6 is 24.8 Å². The lowest BCUT2D eigenvalue weighted by atomic mass is 10.3. The molecule has 0 aliphatic heterocycles. The monoisotopic (exact) mass is 374 g/mol. The van der Waals surface area contributed by atoms with E-state index in [9.17, 15) is 4.79 Å². The number of nitrogens with one attached hydrogen (secondary N) is 2. The molecule has 1 aromatic heterocycles. The third-order valence-corrected chi connectivity index (χ3v) is 2.66. The van der Waals surface area contributed by atoms with Crippen LogP contribution in [0.4, 0.5) is 5.69 Å². The van der Waals surface area contributed by atoms with Gasteiger partial charge in [0.15, 0.2) is 0 Å². The molecule has 2 aromatic rings. The fraction of sp³-hybridized carbons (Fsp3) is 0.267. The lowest BCUT2D eigenvalue weighted by molar-refractivity contribution is -0.115. The Hall–Kier alpha value is -1.93. The van der Waals surface area contributed by atoms with Crippen molar-refractivity contribution in [2.45, 2.75) is 0 Å². The third-order valence-electron chi connectivity index (χ3n) is 2.66. The second-order valence-electron chi connectivity index (χ2n) is 4.41. The Bertz CT molecular complexity index is 602. The second-order valence-corrected chi connectivity index (χ2v) is 4.41. The van der Waals surface area contributed by atoms with Crippen molar-refractivity contribution in [3.63, 3.8) is 0 Å². The summed E-state index contributed by atoms with van der Waals surface area (Å²) in [6.45, 7) is 1.41. The van der Waals surface area contributed by atoms with Crippen molar-refractivity contribution >= 4 is 36.4 Å². The van der Waals surface area contributed by atoms with Gasteiger partial charge >= 0.3 is 0 Å². The zero-order valence-electron chi connectivity index (χ0n) is 13.1. The zero-order valence-corrected chi connectivity index (χ0v) is 14.7. The molecule has 0 bridgehead atoms. The molecule has 2 rings (SSSR count). The number of carbonyl (C=O) groups excluding carboxylic acids is 1. The van der Waals surface area contributed by atoms with Crippen LogP contribution in [-0.4, -0.2) is 42.9 Å². The van der Waals surface area contributed by atoms with Gasteiger partial charge in [-0.1, -0.05) is 6.07 Å². The number of methoxy groups -OCH3 is 1. The Morgan fingerprint density at radius 3 is 2.75 bits per heavy atom. The Balaban J connectivity index is 0.00000264. The quantitative estimate of drug-likeness (QED) is 0.689. The zero-order chi connectivity index (χ0) is 15.6. The molecule has 132 valence electrons. The molecule has 1 heterocycles. The normalized spacial score (nSPS) is 9.38. The summed E-state index contributed by atoms with van der Waals surface area (Å²) in [6, 6.07) is 10.5. The number of rotatable bonds is 8. The molecule has 1 aromatic carbocycles. The van der Waals surface area contributed by atoms with Crippen molar-refractivity contribution in [3.05, 3.63) is 42.6 Å². The molecule has 0 saturated heterocycles. The Morgan fingerprint density at radius 1 is 1.21 bits per heavy atom. The van der Waals surface area contributed by atoms with E-state index < -0.39 is 0 Å². The molecular formula is C15H20Cl2N4O3. The smallest absolute Gasteiger partial charge is 0.238 e. The first kappa shape index (κ1) is 22.1. The molecule has 24 heavy (non-hydrogen) atoms. The Kier molecular flexibility index (Phi) is 11.5. The molecule has 0 aliphatic rings. The minimum Gasteiger partial charge on any atom is -0.437 e. The fourth-order valence-electron chi connectivity index (χ4n) is 1.68. The lowest BCUT2D eigenvalue weighted by Gasteiger charge is -2.08. The number of ether oxygens (including phenoxy) is 2. The van der Waals surface area contributed by atoms with Crippen LogP contribution < -0.4 is 15.4 Å². The number of halogens is 2. The molecule has 0 aliphatic carbocycles. The van der Waals surface area contributed by atoms with E-state index >= 15 is 0 Å². The topological polar surface area (TPSA) is 85.4 Å². The number of hydrogen-bond donors (Lipinski definition) is 2. The highest BCUT2D eigenvalue weighted by Gasteiger charge is 2.04. The maximum absolute atomic E-state index is 11.8. The third kappa shape index (κ3) is 8.07. The van der Waals surface area contributed by atoms with E-state index in [1.54, 1.807) is 49.7 Å². The summed E-state index contributed by atoms with van der Waals surface area (Å²) in [5, 5.41) is 13.3. The van der Waals surface area contributed by atoms with Gasteiger partial charge in [-0.3, -0.25) is 4.79 Å². The van der Waals surface area contributed by atoms with Crippen LogP contribution in [0.5, 0.6) is 11.6 Å². The highest BCUT2D eigenvalue weighted by molar-refractivity contribution is 5.92. The van der Waals surface area contributed by atoms with Gasteiger partial charge in [0.05, 0.1) is 13.2 Å². The molecule has 0 fully saturated rings. The van der Waals surface area contributed by atoms with E-state index in [-0.39, 0.29) is 37.3 Å². The van der Waals surface area contributed by atoms with Crippen molar-refractivity contribution in [1.29, 1.82) is 0 Å². The molecular weight excluding hydrogens is 355 g/mol. The van der Waals surface area contributed by atoms with Gasteiger partial charge in [0.2, 0.25) is 11.8 Å². The van der Waals surface area contributed by atoms with E-state index in [0.717, 1.165) is 0 Å². The Morgan fingerprint density at radius 2 is 2.04 bits per heavy atom. The molecule has 9 heteroatoms. The fourth-order valence-corrected chi connectivity index (χ4v) is 1.68. The van der Waals surface area contributed by atoms with Crippen molar-refractivity contribution in [2.24, 2.45) is 0 Å². The summed E-state index contributed by atoms with van der Waals surface area (Å²) in [6.07, 6.45) is 1.57. The number of benzene rings is 1. The lowest BCUT2D eigenvalue weighted by Crippen LogP contribution is -2.30. The van der Waals surface area contributed by atoms with Crippen LogP contribution in [0.2, 0.25) is 0 Å². The summed E-state index contributed by atoms with van der Waals surface area (Å²) in [5.41, 5.74) is 0.653. The van der Waals surface area contributed by atoms with E-state index in [2.05, 4.69) is 20.8 Å². The van der Waals surface area contributed by atoms with Crippen LogP contribution in [0.3, 0.4) is 0 Å². The average Bonchev–Trinajstić information content (AvgIpc) is 2.53. The molecule has 0 spiro atoms. The highest BCUT2D eigenvalue weighted by Crippen LogP contribution is 2.21. The predicted molar refractivity (Wildman–Crippen MR) is 96.4 cm³/mol. The molecule has 2 N–H and O–H groups in total. The van der Waals surface area contributed by atoms with Gasteiger partial charge in [0, 0.05) is 37.7 Å². The van der Waals surface area contributed by atoms with Crippen molar-refractivity contribution < 1.29 is 14.3 Å². The first-order valence-electron chi connectivity index (χ1n) is 6.83. The number of anilines is 1. The average molecular weight is 375 g/mol. The first-order chi connectivity index (χ1) is 10.8. The molecule has 1 amide bonds. The standard InChI is InChI=1S/C15H18N4O3.2ClH/c1-21-9-8-16-11-14(20)18-12-4-2-5-13(10-12)22-15-6-3-7-17-19-15;;/h2-7,10,16H,8-9,11H2,1H3,(H,18,20);2*1H. The van der Waals surface area contributed by atoms with Gasteiger partial charge in [-0.25, -0.2) is 0 Å². The molecule has 0 radical (unpaired) electrons. The summed E-state index contributed by atoms with van der Waals surface area (Å²) in [7, 11) is 1.62. The van der Waals surface area contributed by atoms with Gasteiger partial charge in [0.1, 0.15) is 5.75 Å². The van der Waals surface area contributed by atoms with E-state index in [1.165, 1.54) is 0 Å². The summed E-state index contributed by atoms with van der Waals surface area (Å²) >= 11 is 0. The molecule has 0 unspecified atom stereocenters. The van der Waals surface area contributed by atoms with Crippen molar-refractivity contribution in [2.75, 3.05) is 32.1 Å². The van der Waals surface area contributed by atoms with Gasteiger partial charge in [-0.15, -0.1) is 29.9 Å². The highest BCUT2D eigenvalue weighted by atomic mass is 35.5. The number of aromatic nitrogens is 2. The maximum Gasteiger partial charge on any atom is 0.238 e. The van der Waals surface area contributed by atoms with Gasteiger partial charge in [-0.2, -0.15) is 5.10 Å². The van der Waals surface area contributed by atoms with Gasteiger partial charge in [0.25, 0.3) is 0 Å². The van der Waals surface area contributed by atoms with E-state index in [4.69, 9.17) is 9.47 Å². The SMILES string of the molecule is COCCNCC(=O)Nc1cccc(Oc2cccnn2)c1.Cl.Cl. The van der Waals surface area contributed by atoms with Crippen molar-refractivity contribution in [1.82, 2.24) is 15.5 Å². The summed E-state index contributed by atoms with van der Waals surface area (Å²) in [5.74, 6) is 0.839. The minimum atomic E-state index is -0.132. The van der Waals surface area contributed by atoms with Crippen LogP contribution in [0.15, 0.2) is 42.6 Å². The van der Waals surface area contributed by atoms with Crippen LogP contribution in [-0.2, 0) is 9.53 Å². The molecule has 0 saturated carbocycles. The van der Waals surface area contributed by atoms with Crippen LogP contribution in [0.1, 0.15) is 0 Å². The number of carbonyl (C=O) groups is 1. The largest absolute Gasteiger partial charge is 0.437 e. The van der Waals surface area contributed by atoms with Crippen molar-refractivity contribution in [3.8, 4) is 11.6 Å². The molecule has 7 nitrogen and oxygen atoms in total. The maximum atomic E-state index is 11.8. The Labute approximate surface area is 153 Å². The summed E-state index contributed by atoms with van der Waals surface area (Å²) < 4.78 is 10.4. The van der Waals surface area contributed by atoms with E-state index in [1.807, 2.05) is 0 Å². The number of hydrogen-bond acceptors (Lipinski definition) is 6. The minimum absolute atomic E-state index is 0. The number of amides is 1. The number of nitrogens with zero attached hydrogens (tertiary/aromatic N) is 2. The van der Waals surface area contributed by atoms with Crippen LogP contribution in [0.25, 0.3) is 0 Å². The summed E-state index contributed by atoms with van der Waals surface area (Å²) in [4.78, 5) is 11.8. The molecule has 0 atom stereocenters. The van der Waals surface area contributed by atoms with Gasteiger partial charge in [-0.05, 0) is 18.2 Å². The van der Waals surface area contributed by atoms with E-state index in [0.29, 0.717) is 30.5 Å².